The van der Waals surface area contributed by atoms with Crippen molar-refractivity contribution >= 4 is 23.4 Å². The fraction of sp³-hybridized carbons (Fsp3) is 0.500. The van der Waals surface area contributed by atoms with E-state index in [0.717, 1.165) is 11.8 Å². The summed E-state index contributed by atoms with van der Waals surface area (Å²) in [5.74, 6) is 0.457. The van der Waals surface area contributed by atoms with E-state index >= 15 is 0 Å². The van der Waals surface area contributed by atoms with Gasteiger partial charge in [0.15, 0.2) is 0 Å². The number of benzene rings is 1. The molecule has 1 aliphatic heterocycles. The van der Waals surface area contributed by atoms with Crippen LogP contribution in [-0.2, 0) is 6.18 Å². The van der Waals surface area contributed by atoms with Crippen LogP contribution in [0.2, 0.25) is 0 Å². The molecule has 1 N–H and O–H groups in total. The molecule has 0 radical (unpaired) electrons. The lowest BCUT2D eigenvalue weighted by Crippen LogP contribution is -2.41. The van der Waals surface area contributed by atoms with E-state index in [4.69, 9.17) is 0 Å². The minimum absolute atomic E-state index is 0.0754. The van der Waals surface area contributed by atoms with E-state index < -0.39 is 11.7 Å². The van der Waals surface area contributed by atoms with Crippen molar-refractivity contribution in [1.82, 2.24) is 4.90 Å². The molecule has 1 aliphatic rings. The molecular formula is C14H17F3N2OS. The van der Waals surface area contributed by atoms with E-state index in [1.807, 2.05) is 6.92 Å². The Morgan fingerprint density at radius 3 is 2.71 bits per heavy atom. The highest BCUT2D eigenvalue weighted by Gasteiger charge is 2.35. The van der Waals surface area contributed by atoms with Crippen LogP contribution in [0, 0.1) is 0 Å². The third-order valence-corrected chi connectivity index (χ3v) is 4.51. The van der Waals surface area contributed by atoms with E-state index in [1.165, 1.54) is 19.2 Å². The molecule has 0 aromatic heterocycles. The molecule has 1 saturated heterocycles. The second-order valence-corrected chi connectivity index (χ2v) is 6.45. The fourth-order valence-corrected chi connectivity index (χ4v) is 3.42. The van der Waals surface area contributed by atoms with Crippen LogP contribution in [-0.4, -0.2) is 41.9 Å². The van der Waals surface area contributed by atoms with Crippen molar-refractivity contribution in [3.8, 4) is 0 Å². The van der Waals surface area contributed by atoms with Gasteiger partial charge in [0.1, 0.15) is 0 Å². The summed E-state index contributed by atoms with van der Waals surface area (Å²) < 4.78 is 39.0. The van der Waals surface area contributed by atoms with E-state index in [0.29, 0.717) is 18.3 Å². The molecule has 1 atom stereocenters. The molecule has 0 aliphatic carbocycles. The van der Waals surface area contributed by atoms with Crippen LogP contribution in [0.4, 0.5) is 18.9 Å². The average molecular weight is 318 g/mol. The highest BCUT2D eigenvalue weighted by Crippen LogP contribution is 2.37. The number of alkyl halides is 3. The Morgan fingerprint density at radius 2 is 2.14 bits per heavy atom. The van der Waals surface area contributed by atoms with Gasteiger partial charge in [-0.25, -0.2) is 0 Å². The molecular weight excluding hydrogens is 301 g/mol. The van der Waals surface area contributed by atoms with Crippen LogP contribution in [0.15, 0.2) is 18.2 Å². The number of carbonyl (C=O) groups is 1. The summed E-state index contributed by atoms with van der Waals surface area (Å²) in [5.41, 5.74) is -0.886. The Hall–Kier alpha value is -1.37. The number of para-hydroxylation sites is 1. The monoisotopic (exact) mass is 318 g/mol. The molecule has 1 amide bonds. The largest absolute Gasteiger partial charge is 0.418 e. The van der Waals surface area contributed by atoms with E-state index in [-0.39, 0.29) is 17.2 Å². The molecule has 1 heterocycles. The molecule has 3 nitrogen and oxygen atoms in total. The van der Waals surface area contributed by atoms with E-state index in [9.17, 15) is 18.0 Å². The Kier molecular flexibility index (Phi) is 4.70. The number of thioether (sulfide) groups is 1. The lowest BCUT2D eigenvalue weighted by atomic mass is 10.0. The molecule has 1 aromatic carbocycles. The zero-order chi connectivity index (χ0) is 15.6. The van der Waals surface area contributed by atoms with Gasteiger partial charge in [-0.2, -0.15) is 24.9 Å². The third-order valence-electron chi connectivity index (χ3n) is 3.38. The molecule has 0 bridgehead atoms. The Morgan fingerprint density at radius 1 is 1.43 bits per heavy atom. The predicted molar refractivity (Wildman–Crippen MR) is 78.8 cm³/mol. The summed E-state index contributed by atoms with van der Waals surface area (Å²) in [6.45, 7) is 3.13. The van der Waals surface area contributed by atoms with Crippen molar-refractivity contribution in [2.75, 3.05) is 31.2 Å². The maximum atomic E-state index is 13.0. The lowest BCUT2D eigenvalue weighted by Gasteiger charge is -2.31. The van der Waals surface area contributed by atoms with Crippen molar-refractivity contribution in [1.29, 1.82) is 0 Å². The van der Waals surface area contributed by atoms with Gasteiger partial charge in [-0.15, -0.1) is 0 Å². The number of halogens is 3. The number of anilines is 1. The van der Waals surface area contributed by atoms with Crippen LogP contribution in [0.5, 0.6) is 0 Å². The van der Waals surface area contributed by atoms with Crippen molar-refractivity contribution in [3.63, 3.8) is 0 Å². The maximum absolute atomic E-state index is 13.0. The summed E-state index contributed by atoms with van der Waals surface area (Å²) >= 11 is 1.76. The minimum Gasteiger partial charge on any atom is -0.387 e. The van der Waals surface area contributed by atoms with Gasteiger partial charge in [0.05, 0.1) is 16.8 Å². The van der Waals surface area contributed by atoms with Crippen LogP contribution in [0.25, 0.3) is 0 Å². The first kappa shape index (κ1) is 16.0. The smallest absolute Gasteiger partial charge is 0.387 e. The number of hydrogen-bond donors (Lipinski definition) is 1. The molecule has 7 heteroatoms. The topological polar surface area (TPSA) is 32.3 Å². The number of hydrogen-bond acceptors (Lipinski definition) is 3. The summed E-state index contributed by atoms with van der Waals surface area (Å²) in [5, 5.41) is 2.83. The van der Waals surface area contributed by atoms with Gasteiger partial charge in [0.25, 0.3) is 5.91 Å². The van der Waals surface area contributed by atoms with Crippen LogP contribution in [0.3, 0.4) is 0 Å². The van der Waals surface area contributed by atoms with Crippen molar-refractivity contribution < 1.29 is 18.0 Å². The summed E-state index contributed by atoms with van der Waals surface area (Å²) in [6, 6.07) is 3.70. The normalized spacial score (nSPS) is 19.5. The van der Waals surface area contributed by atoms with Gasteiger partial charge in [-0.05, 0) is 12.1 Å². The third kappa shape index (κ3) is 3.45. The first-order valence-electron chi connectivity index (χ1n) is 6.63. The van der Waals surface area contributed by atoms with Crippen LogP contribution < -0.4 is 5.32 Å². The van der Waals surface area contributed by atoms with Gasteiger partial charge >= 0.3 is 6.18 Å². The summed E-state index contributed by atoms with van der Waals surface area (Å²) in [7, 11) is 1.40. The number of nitrogens with one attached hydrogen (secondary N) is 1. The average Bonchev–Trinajstić information content (AvgIpc) is 2.44. The predicted octanol–water partition coefficient (Wildman–Crippen LogP) is 3.32. The molecule has 116 valence electrons. The van der Waals surface area contributed by atoms with Crippen LogP contribution >= 0.6 is 11.8 Å². The van der Waals surface area contributed by atoms with Crippen molar-refractivity contribution in [2.45, 2.75) is 18.3 Å². The standard InChI is InChI=1S/C14H17F3N2OS/c1-9-8-19(6-7-21-9)13(20)10-4-3-5-11(12(10)18-2)14(15,16)17/h3-5,9,18H,6-8H2,1-2H3. The Bertz CT molecular complexity index is 533. The lowest BCUT2D eigenvalue weighted by molar-refractivity contribution is -0.136. The van der Waals surface area contributed by atoms with Gasteiger partial charge in [0.2, 0.25) is 0 Å². The highest BCUT2D eigenvalue weighted by atomic mass is 32.2. The number of amides is 1. The molecule has 1 aromatic rings. The molecule has 21 heavy (non-hydrogen) atoms. The number of rotatable bonds is 2. The Balaban J connectivity index is 2.37. The van der Waals surface area contributed by atoms with Crippen LogP contribution in [0.1, 0.15) is 22.8 Å². The van der Waals surface area contributed by atoms with Gasteiger partial charge in [0, 0.05) is 31.1 Å². The maximum Gasteiger partial charge on any atom is 0.418 e. The molecule has 1 fully saturated rings. The number of carbonyl (C=O) groups excluding carboxylic acids is 1. The van der Waals surface area contributed by atoms with E-state index in [1.54, 1.807) is 16.7 Å². The molecule has 1 unspecified atom stereocenters. The summed E-state index contributed by atoms with van der Waals surface area (Å²) in [4.78, 5) is 14.1. The first-order valence-corrected chi connectivity index (χ1v) is 7.68. The van der Waals surface area contributed by atoms with Crippen molar-refractivity contribution in [2.24, 2.45) is 0 Å². The number of nitrogens with zero attached hydrogens (tertiary/aromatic N) is 1. The zero-order valence-corrected chi connectivity index (χ0v) is 12.6. The zero-order valence-electron chi connectivity index (χ0n) is 11.8. The molecule has 0 saturated carbocycles. The molecule has 0 spiro atoms. The van der Waals surface area contributed by atoms with Gasteiger partial charge < -0.3 is 10.2 Å². The summed E-state index contributed by atoms with van der Waals surface area (Å²) in [6.07, 6.45) is -4.49. The second kappa shape index (κ2) is 6.17. The SMILES string of the molecule is CNc1c(C(=O)N2CCSC(C)C2)cccc1C(F)(F)F. The van der Waals surface area contributed by atoms with E-state index in [2.05, 4.69) is 5.32 Å². The van der Waals surface area contributed by atoms with Gasteiger partial charge in [-0.1, -0.05) is 13.0 Å². The van der Waals surface area contributed by atoms with Gasteiger partial charge in [-0.3, -0.25) is 4.79 Å². The molecule has 2 rings (SSSR count). The highest BCUT2D eigenvalue weighted by molar-refractivity contribution is 7.99. The Labute approximate surface area is 125 Å². The minimum atomic E-state index is -4.49. The fourth-order valence-electron chi connectivity index (χ4n) is 2.41. The second-order valence-electron chi connectivity index (χ2n) is 4.91. The quantitative estimate of drug-likeness (QED) is 0.908. The first-order chi connectivity index (χ1) is 9.84. The van der Waals surface area contributed by atoms with Crippen molar-refractivity contribution in [3.05, 3.63) is 29.3 Å².